The Morgan fingerprint density at radius 3 is 2.83 bits per heavy atom. The molecule has 2 heterocycles. The van der Waals surface area contributed by atoms with Crippen molar-refractivity contribution in [3.63, 3.8) is 0 Å². The van der Waals surface area contributed by atoms with Gasteiger partial charge in [0, 0.05) is 5.39 Å². The van der Waals surface area contributed by atoms with Gasteiger partial charge in [-0.3, -0.25) is 4.98 Å². The van der Waals surface area contributed by atoms with Crippen LogP contribution in [0.3, 0.4) is 0 Å². The Hall–Kier alpha value is -1.72. The van der Waals surface area contributed by atoms with Gasteiger partial charge in [-0.2, -0.15) is 0 Å². The molecule has 0 saturated carbocycles. The van der Waals surface area contributed by atoms with E-state index in [2.05, 4.69) is 19.9 Å². The number of nitrogens with zero attached hydrogens (tertiary/aromatic N) is 4. The molecule has 6 heteroatoms. The maximum atomic E-state index is 5.81. The zero-order valence-corrected chi connectivity index (χ0v) is 10.7. The van der Waals surface area contributed by atoms with Crippen LogP contribution in [0.25, 0.3) is 10.9 Å². The van der Waals surface area contributed by atoms with Crippen molar-refractivity contribution in [3.8, 4) is 0 Å². The predicted octanol–water partition coefficient (Wildman–Crippen LogP) is 3.22. The highest BCUT2D eigenvalue weighted by atomic mass is 35.5. The minimum atomic E-state index is 0.373. The molecule has 0 aliphatic rings. The third-order valence-electron chi connectivity index (χ3n) is 2.29. The van der Waals surface area contributed by atoms with Gasteiger partial charge in [0.15, 0.2) is 0 Å². The normalized spacial score (nSPS) is 10.7. The van der Waals surface area contributed by atoms with Crippen LogP contribution >= 0.6 is 23.4 Å². The van der Waals surface area contributed by atoms with Crippen LogP contribution < -0.4 is 0 Å². The summed E-state index contributed by atoms with van der Waals surface area (Å²) in [4.78, 5) is 16.7. The van der Waals surface area contributed by atoms with Gasteiger partial charge in [-0.15, -0.1) is 0 Å². The molecule has 4 nitrogen and oxygen atoms in total. The van der Waals surface area contributed by atoms with E-state index in [1.54, 1.807) is 12.5 Å². The Balaban J connectivity index is 2.05. The molecule has 2 aromatic heterocycles. The molecule has 0 amide bonds. The van der Waals surface area contributed by atoms with Crippen LogP contribution in [-0.2, 0) is 0 Å². The first kappa shape index (κ1) is 11.4. The number of fused-ring (bicyclic) bond motifs is 1. The van der Waals surface area contributed by atoms with Gasteiger partial charge in [-0.25, -0.2) is 15.0 Å². The van der Waals surface area contributed by atoms with E-state index in [4.69, 9.17) is 11.6 Å². The van der Waals surface area contributed by atoms with Crippen LogP contribution in [0.5, 0.6) is 0 Å². The second kappa shape index (κ2) is 4.88. The van der Waals surface area contributed by atoms with Crippen LogP contribution in [0.1, 0.15) is 0 Å². The van der Waals surface area contributed by atoms with Gasteiger partial charge in [0.05, 0.1) is 17.9 Å². The monoisotopic (exact) mass is 274 g/mol. The summed E-state index contributed by atoms with van der Waals surface area (Å²) >= 11 is 7.23. The van der Waals surface area contributed by atoms with E-state index >= 15 is 0 Å². The van der Waals surface area contributed by atoms with Gasteiger partial charge in [-0.05, 0) is 17.8 Å². The first-order chi connectivity index (χ1) is 8.83. The van der Waals surface area contributed by atoms with E-state index in [0.717, 1.165) is 15.9 Å². The van der Waals surface area contributed by atoms with Gasteiger partial charge >= 0.3 is 0 Å². The van der Waals surface area contributed by atoms with Crippen molar-refractivity contribution in [1.29, 1.82) is 0 Å². The summed E-state index contributed by atoms with van der Waals surface area (Å²) in [6, 6.07) is 7.84. The molecular weight excluding hydrogens is 268 g/mol. The molecule has 0 aliphatic carbocycles. The minimum Gasteiger partial charge on any atom is -0.259 e. The highest BCUT2D eigenvalue weighted by molar-refractivity contribution is 7.99. The number of hydrogen-bond donors (Lipinski definition) is 0. The van der Waals surface area contributed by atoms with Gasteiger partial charge in [-0.1, -0.05) is 29.8 Å². The SMILES string of the molecule is Clc1cncc(Sc2ncnc3ccccc23)n1. The lowest BCUT2D eigenvalue weighted by Gasteiger charge is -2.03. The van der Waals surface area contributed by atoms with E-state index < -0.39 is 0 Å². The summed E-state index contributed by atoms with van der Waals surface area (Å²) in [5.74, 6) is 0. The summed E-state index contributed by atoms with van der Waals surface area (Å²) in [5.41, 5.74) is 0.907. The first-order valence-electron chi connectivity index (χ1n) is 5.18. The standard InChI is InChI=1S/C12H7ClN4S/c13-10-5-14-6-11(17-10)18-12-8-3-1-2-4-9(8)15-7-16-12/h1-7H. The number of hydrogen-bond acceptors (Lipinski definition) is 5. The van der Waals surface area contributed by atoms with Crippen LogP contribution in [0, 0.1) is 0 Å². The summed E-state index contributed by atoms with van der Waals surface area (Å²) < 4.78 is 0. The topological polar surface area (TPSA) is 51.6 Å². The molecule has 18 heavy (non-hydrogen) atoms. The Labute approximate surface area is 112 Å². The maximum absolute atomic E-state index is 5.81. The summed E-state index contributed by atoms with van der Waals surface area (Å²) in [5, 5.41) is 2.92. The van der Waals surface area contributed by atoms with Gasteiger partial charge < -0.3 is 0 Å². The Morgan fingerprint density at radius 2 is 1.94 bits per heavy atom. The lowest BCUT2D eigenvalue weighted by atomic mass is 10.2. The number of rotatable bonds is 2. The number of benzene rings is 1. The summed E-state index contributed by atoms with van der Waals surface area (Å²) in [7, 11) is 0. The lowest BCUT2D eigenvalue weighted by Crippen LogP contribution is -1.88. The summed E-state index contributed by atoms with van der Waals surface area (Å²) in [6.45, 7) is 0. The molecule has 0 saturated heterocycles. The van der Waals surface area contributed by atoms with Crippen LogP contribution in [0.4, 0.5) is 0 Å². The average molecular weight is 275 g/mol. The van der Waals surface area contributed by atoms with Gasteiger partial charge in [0.25, 0.3) is 0 Å². The van der Waals surface area contributed by atoms with Crippen LogP contribution in [-0.4, -0.2) is 19.9 Å². The van der Waals surface area contributed by atoms with Crippen molar-refractivity contribution in [1.82, 2.24) is 19.9 Å². The molecule has 0 spiro atoms. The fraction of sp³-hybridized carbons (Fsp3) is 0. The highest BCUT2D eigenvalue weighted by Crippen LogP contribution is 2.29. The molecule has 0 atom stereocenters. The molecule has 1 aromatic carbocycles. The Kier molecular flexibility index (Phi) is 3.08. The van der Waals surface area contributed by atoms with Crippen molar-refractivity contribution in [2.75, 3.05) is 0 Å². The Bertz CT molecular complexity index is 699. The molecule has 0 bridgehead atoms. The average Bonchev–Trinajstić information content (AvgIpc) is 2.39. The highest BCUT2D eigenvalue weighted by Gasteiger charge is 2.06. The smallest absolute Gasteiger partial charge is 0.148 e. The second-order valence-corrected chi connectivity index (χ2v) is 4.87. The quantitative estimate of drug-likeness (QED) is 0.672. The van der Waals surface area contributed by atoms with Gasteiger partial charge in [0.2, 0.25) is 0 Å². The van der Waals surface area contributed by atoms with Crippen molar-refractivity contribution in [2.24, 2.45) is 0 Å². The number of aromatic nitrogens is 4. The number of para-hydroxylation sites is 1. The largest absolute Gasteiger partial charge is 0.259 e. The fourth-order valence-electron chi connectivity index (χ4n) is 1.54. The van der Waals surface area contributed by atoms with Gasteiger partial charge in [0.1, 0.15) is 21.5 Å². The zero-order chi connectivity index (χ0) is 12.4. The van der Waals surface area contributed by atoms with E-state index in [1.807, 2.05) is 24.3 Å². The first-order valence-corrected chi connectivity index (χ1v) is 6.37. The van der Waals surface area contributed by atoms with Crippen molar-refractivity contribution in [3.05, 3.63) is 48.1 Å². The van der Waals surface area contributed by atoms with Crippen molar-refractivity contribution >= 4 is 34.3 Å². The third-order valence-corrected chi connectivity index (χ3v) is 3.40. The number of halogens is 1. The molecule has 3 rings (SSSR count). The van der Waals surface area contributed by atoms with Crippen molar-refractivity contribution in [2.45, 2.75) is 10.1 Å². The molecule has 0 fully saturated rings. The maximum Gasteiger partial charge on any atom is 0.148 e. The fourth-order valence-corrected chi connectivity index (χ4v) is 2.57. The van der Waals surface area contributed by atoms with E-state index in [1.165, 1.54) is 18.0 Å². The minimum absolute atomic E-state index is 0.373. The molecule has 0 unspecified atom stereocenters. The third kappa shape index (κ3) is 2.27. The molecule has 0 radical (unpaired) electrons. The molecular formula is C12H7ClN4S. The summed E-state index contributed by atoms with van der Waals surface area (Å²) in [6.07, 6.45) is 4.71. The molecule has 3 aromatic rings. The Morgan fingerprint density at radius 1 is 1.06 bits per heavy atom. The van der Waals surface area contributed by atoms with Crippen molar-refractivity contribution < 1.29 is 0 Å². The van der Waals surface area contributed by atoms with E-state index in [-0.39, 0.29) is 0 Å². The molecule has 0 aliphatic heterocycles. The van der Waals surface area contributed by atoms with Crippen LogP contribution in [0.15, 0.2) is 53.0 Å². The lowest BCUT2D eigenvalue weighted by molar-refractivity contribution is 1.04. The van der Waals surface area contributed by atoms with E-state index in [0.29, 0.717) is 10.2 Å². The predicted molar refractivity (Wildman–Crippen MR) is 70.7 cm³/mol. The zero-order valence-electron chi connectivity index (χ0n) is 9.12. The molecule has 88 valence electrons. The second-order valence-electron chi connectivity index (χ2n) is 3.48. The molecule has 0 N–H and O–H groups in total. The van der Waals surface area contributed by atoms with Crippen LogP contribution in [0.2, 0.25) is 5.15 Å². The van der Waals surface area contributed by atoms with E-state index in [9.17, 15) is 0 Å².